The molecule has 0 saturated carbocycles. The standard InChI is InChI=1S/C14H15BrClNS/c1-17-14(7-5-11-3-2-8-18-11)12-9-10(16)4-6-13(12)15/h2-4,6,8-9,14,17H,5,7H2,1H3. The average molecular weight is 345 g/mol. The van der Waals surface area contributed by atoms with E-state index in [0.29, 0.717) is 6.04 Å². The summed E-state index contributed by atoms with van der Waals surface area (Å²) in [5.74, 6) is 0. The minimum absolute atomic E-state index is 0.320. The Morgan fingerprint density at radius 3 is 2.89 bits per heavy atom. The van der Waals surface area contributed by atoms with Crippen LogP contribution in [0.2, 0.25) is 5.02 Å². The van der Waals surface area contributed by atoms with Crippen molar-refractivity contribution in [3.8, 4) is 0 Å². The first-order valence-electron chi connectivity index (χ1n) is 5.85. The molecule has 2 rings (SSSR count). The quantitative estimate of drug-likeness (QED) is 0.799. The fourth-order valence-electron chi connectivity index (χ4n) is 1.98. The second kappa shape index (κ2) is 6.71. The van der Waals surface area contributed by atoms with Crippen LogP contribution in [0.15, 0.2) is 40.2 Å². The molecule has 1 aromatic heterocycles. The maximum atomic E-state index is 6.07. The maximum Gasteiger partial charge on any atom is 0.0410 e. The number of aryl methyl sites for hydroxylation is 1. The van der Waals surface area contributed by atoms with Gasteiger partial charge in [-0.3, -0.25) is 0 Å². The summed E-state index contributed by atoms with van der Waals surface area (Å²) >= 11 is 11.5. The molecule has 1 atom stereocenters. The van der Waals surface area contributed by atoms with Crippen molar-refractivity contribution in [3.05, 3.63) is 55.6 Å². The number of rotatable bonds is 5. The topological polar surface area (TPSA) is 12.0 Å². The number of hydrogen-bond acceptors (Lipinski definition) is 2. The minimum Gasteiger partial charge on any atom is -0.313 e. The summed E-state index contributed by atoms with van der Waals surface area (Å²) in [6.45, 7) is 0. The van der Waals surface area contributed by atoms with Crippen molar-refractivity contribution in [2.24, 2.45) is 0 Å². The molecule has 1 heterocycles. The molecule has 4 heteroatoms. The Morgan fingerprint density at radius 2 is 2.22 bits per heavy atom. The molecule has 96 valence electrons. The average Bonchev–Trinajstić information content (AvgIpc) is 2.87. The molecule has 2 aromatic rings. The van der Waals surface area contributed by atoms with E-state index in [1.165, 1.54) is 10.4 Å². The van der Waals surface area contributed by atoms with Gasteiger partial charge in [0.25, 0.3) is 0 Å². The zero-order valence-electron chi connectivity index (χ0n) is 10.1. The van der Waals surface area contributed by atoms with Gasteiger partial charge in [0.05, 0.1) is 0 Å². The highest BCUT2D eigenvalue weighted by atomic mass is 79.9. The Morgan fingerprint density at radius 1 is 1.39 bits per heavy atom. The summed E-state index contributed by atoms with van der Waals surface area (Å²) in [6, 6.07) is 10.5. The summed E-state index contributed by atoms with van der Waals surface area (Å²) in [7, 11) is 1.99. The molecular weight excluding hydrogens is 330 g/mol. The fraction of sp³-hybridized carbons (Fsp3) is 0.286. The van der Waals surface area contributed by atoms with Crippen LogP contribution in [0.1, 0.15) is 22.9 Å². The Kier molecular flexibility index (Phi) is 5.25. The maximum absolute atomic E-state index is 6.07. The molecule has 0 radical (unpaired) electrons. The summed E-state index contributed by atoms with van der Waals surface area (Å²) in [4.78, 5) is 1.42. The minimum atomic E-state index is 0.320. The molecule has 0 bridgehead atoms. The van der Waals surface area contributed by atoms with Crippen LogP contribution in [0.25, 0.3) is 0 Å². The van der Waals surface area contributed by atoms with Crippen LogP contribution in [-0.4, -0.2) is 7.05 Å². The van der Waals surface area contributed by atoms with Gasteiger partial charge in [-0.25, -0.2) is 0 Å². The lowest BCUT2D eigenvalue weighted by molar-refractivity contribution is 0.549. The lowest BCUT2D eigenvalue weighted by Gasteiger charge is -2.18. The van der Waals surface area contributed by atoms with Gasteiger partial charge in [0.2, 0.25) is 0 Å². The predicted molar refractivity (Wildman–Crippen MR) is 83.6 cm³/mol. The number of benzene rings is 1. The van der Waals surface area contributed by atoms with E-state index in [9.17, 15) is 0 Å². The first-order valence-corrected chi connectivity index (χ1v) is 7.90. The second-order valence-corrected chi connectivity index (χ2v) is 6.45. The van der Waals surface area contributed by atoms with Gasteiger partial charge in [0.15, 0.2) is 0 Å². The first-order chi connectivity index (χ1) is 8.70. The van der Waals surface area contributed by atoms with Crippen molar-refractivity contribution in [2.45, 2.75) is 18.9 Å². The molecule has 1 nitrogen and oxygen atoms in total. The third kappa shape index (κ3) is 3.58. The molecule has 0 aliphatic heterocycles. The van der Waals surface area contributed by atoms with Crippen molar-refractivity contribution in [1.82, 2.24) is 5.32 Å². The van der Waals surface area contributed by atoms with Gasteiger partial charge in [-0.05, 0) is 55.1 Å². The van der Waals surface area contributed by atoms with Crippen molar-refractivity contribution < 1.29 is 0 Å². The molecule has 0 amide bonds. The molecular formula is C14H15BrClNS. The summed E-state index contributed by atoms with van der Waals surface area (Å²) in [6.07, 6.45) is 2.15. The molecule has 0 aliphatic rings. The largest absolute Gasteiger partial charge is 0.313 e. The van der Waals surface area contributed by atoms with E-state index in [1.807, 2.05) is 36.6 Å². The number of nitrogens with one attached hydrogen (secondary N) is 1. The SMILES string of the molecule is CNC(CCc1cccs1)c1cc(Cl)ccc1Br. The second-order valence-electron chi connectivity index (χ2n) is 4.13. The van der Waals surface area contributed by atoms with Gasteiger partial charge in [-0.15, -0.1) is 11.3 Å². The predicted octanol–water partition coefficient (Wildman–Crippen LogP) is 5.06. The monoisotopic (exact) mass is 343 g/mol. The fourth-order valence-corrected chi connectivity index (χ4v) is 3.41. The van der Waals surface area contributed by atoms with Gasteiger partial charge in [0.1, 0.15) is 0 Å². The van der Waals surface area contributed by atoms with Gasteiger partial charge >= 0.3 is 0 Å². The molecule has 1 N–H and O–H groups in total. The van der Waals surface area contributed by atoms with Crippen LogP contribution in [-0.2, 0) is 6.42 Å². The van der Waals surface area contributed by atoms with Crippen LogP contribution < -0.4 is 5.32 Å². The van der Waals surface area contributed by atoms with E-state index in [1.54, 1.807) is 0 Å². The van der Waals surface area contributed by atoms with Crippen LogP contribution in [0.4, 0.5) is 0 Å². The summed E-state index contributed by atoms with van der Waals surface area (Å²) in [5.41, 5.74) is 1.22. The molecule has 0 fully saturated rings. The molecule has 0 spiro atoms. The van der Waals surface area contributed by atoms with Crippen LogP contribution in [0.3, 0.4) is 0 Å². The van der Waals surface area contributed by atoms with E-state index in [2.05, 4.69) is 38.8 Å². The smallest absolute Gasteiger partial charge is 0.0410 e. The van der Waals surface area contributed by atoms with Crippen LogP contribution in [0.5, 0.6) is 0 Å². The third-order valence-corrected chi connectivity index (χ3v) is 4.83. The highest BCUT2D eigenvalue weighted by Gasteiger charge is 2.13. The van der Waals surface area contributed by atoms with Crippen LogP contribution in [0, 0.1) is 0 Å². The normalized spacial score (nSPS) is 12.6. The molecule has 18 heavy (non-hydrogen) atoms. The number of hydrogen-bond donors (Lipinski definition) is 1. The molecule has 1 unspecified atom stereocenters. The highest BCUT2D eigenvalue weighted by Crippen LogP contribution is 2.29. The van der Waals surface area contributed by atoms with E-state index >= 15 is 0 Å². The summed E-state index contributed by atoms with van der Waals surface area (Å²) < 4.78 is 1.11. The lowest BCUT2D eigenvalue weighted by atomic mass is 10.0. The van der Waals surface area contributed by atoms with Gasteiger partial charge in [0, 0.05) is 20.4 Å². The molecule has 0 saturated heterocycles. The number of thiophene rings is 1. The van der Waals surface area contributed by atoms with E-state index in [0.717, 1.165) is 22.3 Å². The zero-order chi connectivity index (χ0) is 13.0. The van der Waals surface area contributed by atoms with Crippen molar-refractivity contribution in [2.75, 3.05) is 7.05 Å². The number of halogens is 2. The zero-order valence-corrected chi connectivity index (χ0v) is 13.3. The van der Waals surface area contributed by atoms with Crippen molar-refractivity contribution >= 4 is 38.9 Å². The Hall–Kier alpha value is -0.350. The van der Waals surface area contributed by atoms with Gasteiger partial charge in [-0.2, -0.15) is 0 Å². The van der Waals surface area contributed by atoms with Gasteiger partial charge < -0.3 is 5.32 Å². The van der Waals surface area contributed by atoms with Gasteiger partial charge in [-0.1, -0.05) is 33.6 Å². The Labute approximate surface area is 125 Å². The Bertz CT molecular complexity index is 499. The Balaban J connectivity index is 2.10. The van der Waals surface area contributed by atoms with Crippen LogP contribution >= 0.6 is 38.9 Å². The first kappa shape index (κ1) is 14.1. The van der Waals surface area contributed by atoms with Crippen molar-refractivity contribution in [3.63, 3.8) is 0 Å². The highest BCUT2D eigenvalue weighted by molar-refractivity contribution is 9.10. The van der Waals surface area contributed by atoms with E-state index < -0.39 is 0 Å². The third-order valence-electron chi connectivity index (χ3n) is 2.94. The molecule has 0 aliphatic carbocycles. The van der Waals surface area contributed by atoms with Crippen molar-refractivity contribution in [1.29, 1.82) is 0 Å². The molecule has 1 aromatic carbocycles. The summed E-state index contributed by atoms with van der Waals surface area (Å²) in [5, 5.41) is 6.27. The van der Waals surface area contributed by atoms with E-state index in [-0.39, 0.29) is 0 Å². The van der Waals surface area contributed by atoms with E-state index in [4.69, 9.17) is 11.6 Å². The lowest BCUT2D eigenvalue weighted by Crippen LogP contribution is -2.17.